The Morgan fingerprint density at radius 3 is 0.667 bits per heavy atom. The second-order valence-corrected chi connectivity index (χ2v) is 8.86. The molecule has 0 amide bonds. The van der Waals surface area contributed by atoms with E-state index in [2.05, 4.69) is 6.92 Å². The van der Waals surface area contributed by atoms with Crippen molar-refractivity contribution >= 4 is 0 Å². The SMILES string of the molecule is CCCCCCCCCCCCCCCCCCCCCCCCCCO. The highest BCUT2D eigenvalue weighted by Crippen LogP contribution is 2.15. The molecule has 0 aliphatic carbocycles. The van der Waals surface area contributed by atoms with Gasteiger partial charge in [0.15, 0.2) is 0 Å². The van der Waals surface area contributed by atoms with Gasteiger partial charge in [0.25, 0.3) is 0 Å². The van der Waals surface area contributed by atoms with Gasteiger partial charge < -0.3 is 5.11 Å². The average molecular weight is 383 g/mol. The summed E-state index contributed by atoms with van der Waals surface area (Å²) in [6, 6.07) is 0. The molecular formula is C26H54O. The van der Waals surface area contributed by atoms with E-state index in [0.29, 0.717) is 6.61 Å². The Balaban J connectivity index is 2.95. The molecule has 0 bridgehead atoms. The summed E-state index contributed by atoms with van der Waals surface area (Å²) in [6.45, 7) is 2.67. The van der Waals surface area contributed by atoms with Crippen LogP contribution in [0.2, 0.25) is 0 Å². The summed E-state index contributed by atoms with van der Waals surface area (Å²) in [4.78, 5) is 0. The Kier molecular flexibility index (Phi) is 25.9. The fraction of sp³-hybridized carbons (Fsp3) is 1.00. The van der Waals surface area contributed by atoms with E-state index in [1.165, 1.54) is 148 Å². The molecule has 27 heavy (non-hydrogen) atoms. The molecule has 0 aliphatic heterocycles. The van der Waals surface area contributed by atoms with E-state index in [-0.39, 0.29) is 0 Å². The number of hydrogen-bond donors (Lipinski definition) is 1. The van der Waals surface area contributed by atoms with Crippen LogP contribution in [0.25, 0.3) is 0 Å². The van der Waals surface area contributed by atoms with E-state index in [0.717, 1.165) is 6.42 Å². The van der Waals surface area contributed by atoms with Gasteiger partial charge >= 0.3 is 0 Å². The van der Waals surface area contributed by atoms with Crippen LogP contribution in [0, 0.1) is 0 Å². The van der Waals surface area contributed by atoms with Crippen LogP contribution in [0.3, 0.4) is 0 Å². The fourth-order valence-electron chi connectivity index (χ4n) is 4.07. The minimum Gasteiger partial charge on any atom is -0.396 e. The first kappa shape index (κ1) is 27.0. The quantitative estimate of drug-likeness (QED) is 0.165. The Morgan fingerprint density at radius 1 is 0.296 bits per heavy atom. The third kappa shape index (κ3) is 26.0. The monoisotopic (exact) mass is 382 g/mol. The second-order valence-electron chi connectivity index (χ2n) is 8.86. The molecule has 164 valence electrons. The van der Waals surface area contributed by atoms with Crippen molar-refractivity contribution < 1.29 is 5.11 Å². The highest BCUT2D eigenvalue weighted by Gasteiger charge is 1.95. The number of unbranched alkanes of at least 4 members (excludes halogenated alkanes) is 23. The molecule has 0 aromatic carbocycles. The summed E-state index contributed by atoms with van der Waals surface area (Å²) in [5.41, 5.74) is 0. The number of hydrogen-bond acceptors (Lipinski definition) is 1. The minimum absolute atomic E-state index is 0.374. The molecule has 1 heteroatoms. The molecule has 0 radical (unpaired) electrons. The van der Waals surface area contributed by atoms with E-state index in [9.17, 15) is 0 Å². The van der Waals surface area contributed by atoms with E-state index < -0.39 is 0 Å². The van der Waals surface area contributed by atoms with Crippen molar-refractivity contribution in [1.82, 2.24) is 0 Å². The van der Waals surface area contributed by atoms with Crippen LogP contribution >= 0.6 is 0 Å². The van der Waals surface area contributed by atoms with Gasteiger partial charge in [-0.25, -0.2) is 0 Å². The molecule has 0 rings (SSSR count). The Hall–Kier alpha value is -0.0400. The summed E-state index contributed by atoms with van der Waals surface area (Å²) in [5, 5.41) is 8.74. The van der Waals surface area contributed by atoms with Gasteiger partial charge in [-0.15, -0.1) is 0 Å². The van der Waals surface area contributed by atoms with E-state index in [4.69, 9.17) is 5.11 Å². The molecule has 0 fully saturated rings. The summed E-state index contributed by atoms with van der Waals surface area (Å²) in [5.74, 6) is 0. The first-order valence-electron chi connectivity index (χ1n) is 13.0. The van der Waals surface area contributed by atoms with Crippen LogP contribution in [0.1, 0.15) is 161 Å². The molecule has 0 spiro atoms. The summed E-state index contributed by atoms with van der Waals surface area (Å²) in [6.07, 6.45) is 34.1. The maximum atomic E-state index is 8.74. The van der Waals surface area contributed by atoms with E-state index in [1.807, 2.05) is 0 Å². The van der Waals surface area contributed by atoms with Crippen LogP contribution in [0.4, 0.5) is 0 Å². The van der Waals surface area contributed by atoms with Gasteiger partial charge in [0, 0.05) is 6.61 Å². The summed E-state index contributed by atoms with van der Waals surface area (Å²) >= 11 is 0. The molecule has 1 nitrogen and oxygen atoms in total. The normalized spacial score (nSPS) is 11.3. The minimum atomic E-state index is 0.374. The van der Waals surface area contributed by atoms with Gasteiger partial charge in [-0.2, -0.15) is 0 Å². The Labute approximate surface area is 173 Å². The Morgan fingerprint density at radius 2 is 0.481 bits per heavy atom. The predicted octanol–water partition coefficient (Wildman–Crippen LogP) is 9.36. The number of aliphatic hydroxyl groups is 1. The van der Waals surface area contributed by atoms with E-state index >= 15 is 0 Å². The van der Waals surface area contributed by atoms with E-state index in [1.54, 1.807) is 0 Å². The zero-order chi connectivity index (χ0) is 19.7. The molecule has 0 saturated carbocycles. The zero-order valence-corrected chi connectivity index (χ0v) is 19.1. The molecular weight excluding hydrogens is 328 g/mol. The Bertz CT molecular complexity index is 214. The molecule has 0 unspecified atom stereocenters. The van der Waals surface area contributed by atoms with Crippen molar-refractivity contribution in [1.29, 1.82) is 0 Å². The lowest BCUT2D eigenvalue weighted by Gasteiger charge is -2.04. The molecule has 0 saturated heterocycles. The van der Waals surface area contributed by atoms with Crippen molar-refractivity contribution in [2.45, 2.75) is 161 Å². The van der Waals surface area contributed by atoms with Crippen molar-refractivity contribution in [3.63, 3.8) is 0 Å². The average Bonchev–Trinajstić information content (AvgIpc) is 2.68. The molecule has 0 aromatic heterocycles. The van der Waals surface area contributed by atoms with Crippen LogP contribution in [-0.2, 0) is 0 Å². The first-order chi connectivity index (χ1) is 13.4. The van der Waals surface area contributed by atoms with Crippen molar-refractivity contribution in [2.24, 2.45) is 0 Å². The lowest BCUT2D eigenvalue weighted by Crippen LogP contribution is -1.85. The zero-order valence-electron chi connectivity index (χ0n) is 19.1. The van der Waals surface area contributed by atoms with Crippen LogP contribution in [0.15, 0.2) is 0 Å². The largest absolute Gasteiger partial charge is 0.396 e. The topological polar surface area (TPSA) is 20.2 Å². The lowest BCUT2D eigenvalue weighted by atomic mass is 10.0. The summed E-state index contributed by atoms with van der Waals surface area (Å²) in [7, 11) is 0. The second kappa shape index (κ2) is 26.0. The van der Waals surface area contributed by atoms with Gasteiger partial charge in [0.2, 0.25) is 0 Å². The smallest absolute Gasteiger partial charge is 0.0431 e. The highest BCUT2D eigenvalue weighted by molar-refractivity contribution is 4.51. The van der Waals surface area contributed by atoms with Gasteiger partial charge in [-0.05, 0) is 6.42 Å². The van der Waals surface area contributed by atoms with Crippen molar-refractivity contribution in [3.8, 4) is 0 Å². The van der Waals surface area contributed by atoms with Crippen molar-refractivity contribution in [3.05, 3.63) is 0 Å². The van der Waals surface area contributed by atoms with Gasteiger partial charge in [0.1, 0.15) is 0 Å². The molecule has 1 N–H and O–H groups in total. The highest BCUT2D eigenvalue weighted by atomic mass is 16.2. The number of rotatable bonds is 24. The standard InChI is InChI=1S/C26H54O/c1-2-3-4-5-6-7-8-9-10-11-12-13-14-15-16-17-18-19-20-21-22-23-24-25-26-27/h27H,2-26H2,1H3. The van der Waals surface area contributed by atoms with Crippen LogP contribution in [-0.4, -0.2) is 11.7 Å². The molecule has 0 atom stereocenters. The first-order valence-corrected chi connectivity index (χ1v) is 13.0. The lowest BCUT2D eigenvalue weighted by molar-refractivity contribution is 0.282. The number of aliphatic hydroxyl groups excluding tert-OH is 1. The maximum Gasteiger partial charge on any atom is 0.0431 e. The van der Waals surface area contributed by atoms with Gasteiger partial charge in [0.05, 0.1) is 0 Å². The maximum absolute atomic E-state index is 8.74. The van der Waals surface area contributed by atoms with Crippen LogP contribution in [0.5, 0.6) is 0 Å². The molecule has 0 aliphatic rings. The molecule has 0 heterocycles. The van der Waals surface area contributed by atoms with Crippen LogP contribution < -0.4 is 0 Å². The van der Waals surface area contributed by atoms with Gasteiger partial charge in [-0.3, -0.25) is 0 Å². The van der Waals surface area contributed by atoms with Crippen molar-refractivity contribution in [2.75, 3.05) is 6.61 Å². The third-order valence-corrected chi connectivity index (χ3v) is 6.01. The fourth-order valence-corrected chi connectivity index (χ4v) is 4.07. The summed E-state index contributed by atoms with van der Waals surface area (Å²) < 4.78 is 0. The predicted molar refractivity (Wildman–Crippen MR) is 124 cm³/mol. The third-order valence-electron chi connectivity index (χ3n) is 6.01. The van der Waals surface area contributed by atoms with Gasteiger partial charge in [-0.1, -0.05) is 155 Å². The molecule has 0 aromatic rings.